The Bertz CT molecular complexity index is 824. The third-order valence-corrected chi connectivity index (χ3v) is 5.03. The molecule has 8 nitrogen and oxygen atoms in total. The van der Waals surface area contributed by atoms with Gasteiger partial charge >= 0.3 is 0 Å². The molecule has 0 aliphatic carbocycles. The molecule has 0 aromatic carbocycles. The lowest BCUT2D eigenvalue weighted by atomic mass is 10.0. The second-order valence-corrected chi connectivity index (χ2v) is 7.27. The second kappa shape index (κ2) is 7.46. The number of aromatic nitrogens is 4. The van der Waals surface area contributed by atoms with Gasteiger partial charge in [-0.15, -0.1) is 0 Å². The van der Waals surface area contributed by atoms with E-state index in [1.807, 2.05) is 6.07 Å². The van der Waals surface area contributed by atoms with Gasteiger partial charge in [0.05, 0.1) is 0 Å². The first kappa shape index (κ1) is 17.6. The van der Waals surface area contributed by atoms with Gasteiger partial charge in [0.1, 0.15) is 17.3 Å². The zero-order valence-corrected chi connectivity index (χ0v) is 15.9. The van der Waals surface area contributed by atoms with Crippen molar-refractivity contribution in [2.24, 2.45) is 0 Å². The highest BCUT2D eigenvalue weighted by atomic mass is 16.1. The van der Waals surface area contributed by atoms with E-state index in [1.165, 1.54) is 0 Å². The van der Waals surface area contributed by atoms with Crippen molar-refractivity contribution in [1.29, 1.82) is 0 Å². The highest BCUT2D eigenvalue weighted by molar-refractivity contribution is 5.96. The number of fused-ring (bicyclic) bond motifs is 1. The number of nitrogens with one attached hydrogen (secondary N) is 1. The van der Waals surface area contributed by atoms with Gasteiger partial charge in [-0.2, -0.15) is 0 Å². The third kappa shape index (κ3) is 3.56. The topological polar surface area (TPSA) is 87.1 Å². The minimum atomic E-state index is -0.0871. The summed E-state index contributed by atoms with van der Waals surface area (Å²) in [7, 11) is 0. The van der Waals surface area contributed by atoms with Crippen LogP contribution in [0.2, 0.25) is 0 Å². The van der Waals surface area contributed by atoms with Gasteiger partial charge in [0, 0.05) is 56.6 Å². The van der Waals surface area contributed by atoms with Crippen LogP contribution in [0.5, 0.6) is 0 Å². The Morgan fingerprint density at radius 3 is 2.56 bits per heavy atom. The molecule has 2 aromatic rings. The van der Waals surface area contributed by atoms with E-state index < -0.39 is 0 Å². The average molecular weight is 367 g/mol. The lowest BCUT2D eigenvalue weighted by Gasteiger charge is -2.28. The first-order valence-electron chi connectivity index (χ1n) is 9.59. The maximum absolute atomic E-state index is 12.4. The summed E-state index contributed by atoms with van der Waals surface area (Å²) in [5.41, 5.74) is 1.52. The van der Waals surface area contributed by atoms with Crippen molar-refractivity contribution in [3.05, 3.63) is 35.5 Å². The molecule has 142 valence electrons. The quantitative estimate of drug-likeness (QED) is 0.877. The predicted octanol–water partition coefficient (Wildman–Crippen LogP) is 1.39. The summed E-state index contributed by atoms with van der Waals surface area (Å²) in [5, 5.41) is 2.90. The minimum Gasteiger partial charge on any atom is -0.354 e. The number of anilines is 2. The van der Waals surface area contributed by atoms with Gasteiger partial charge < -0.3 is 15.1 Å². The number of hydrogen-bond acceptors (Lipinski definition) is 7. The van der Waals surface area contributed by atoms with Gasteiger partial charge in [-0.3, -0.25) is 4.79 Å². The van der Waals surface area contributed by atoms with Crippen LogP contribution in [0.15, 0.2) is 18.5 Å². The molecule has 1 saturated heterocycles. The predicted molar refractivity (Wildman–Crippen MR) is 103 cm³/mol. The van der Waals surface area contributed by atoms with E-state index in [4.69, 9.17) is 4.98 Å². The Hall–Kier alpha value is -2.77. The maximum Gasteiger partial charge on any atom is 0.270 e. The fraction of sp³-hybridized carbons (Fsp3) is 0.526. The van der Waals surface area contributed by atoms with Crippen LogP contribution in [0.4, 0.5) is 11.8 Å². The summed E-state index contributed by atoms with van der Waals surface area (Å²) in [5.74, 6) is 2.51. The Morgan fingerprint density at radius 1 is 1.04 bits per heavy atom. The van der Waals surface area contributed by atoms with Crippen molar-refractivity contribution in [2.75, 3.05) is 42.5 Å². The zero-order chi connectivity index (χ0) is 18.8. The third-order valence-electron chi connectivity index (χ3n) is 5.03. The Labute approximate surface area is 159 Å². The molecule has 2 aliphatic rings. The Kier molecular flexibility index (Phi) is 4.87. The zero-order valence-electron chi connectivity index (χ0n) is 15.9. The minimum absolute atomic E-state index is 0.0871. The molecular formula is C19H25N7O. The largest absolute Gasteiger partial charge is 0.354 e. The fourth-order valence-electron chi connectivity index (χ4n) is 3.60. The van der Waals surface area contributed by atoms with Crippen LogP contribution in [-0.2, 0) is 6.42 Å². The van der Waals surface area contributed by atoms with Gasteiger partial charge in [-0.25, -0.2) is 19.9 Å². The van der Waals surface area contributed by atoms with Gasteiger partial charge in [-0.05, 0) is 18.9 Å². The van der Waals surface area contributed by atoms with Gasteiger partial charge in [0.2, 0.25) is 5.95 Å². The summed E-state index contributed by atoms with van der Waals surface area (Å²) in [4.78, 5) is 35.0. The molecule has 1 N–H and O–H groups in total. The van der Waals surface area contributed by atoms with Crippen LogP contribution in [0.3, 0.4) is 0 Å². The Morgan fingerprint density at radius 2 is 1.78 bits per heavy atom. The average Bonchev–Trinajstić information content (AvgIpc) is 2.94. The summed E-state index contributed by atoms with van der Waals surface area (Å²) < 4.78 is 0. The molecular weight excluding hydrogens is 342 g/mol. The van der Waals surface area contributed by atoms with Crippen molar-refractivity contribution in [3.63, 3.8) is 0 Å². The summed E-state index contributed by atoms with van der Waals surface area (Å²) in [6.07, 6.45) is 5.32. The van der Waals surface area contributed by atoms with Gasteiger partial charge in [-0.1, -0.05) is 13.8 Å². The SMILES string of the molecule is CC(C)c1nc2c(c(N3CCCN(c4ncccn4)CC3)n1)CCNC2=O. The standard InChI is InChI=1S/C19H25N7O/c1-13(2)16-23-15-14(5-8-20-18(15)27)17(24-16)25-9-4-10-26(12-11-25)19-21-6-3-7-22-19/h3,6-7,13H,4-5,8-12H2,1-2H3,(H,20,27). The molecule has 2 aromatic heterocycles. The molecule has 1 amide bonds. The fourth-order valence-corrected chi connectivity index (χ4v) is 3.60. The van der Waals surface area contributed by atoms with Crippen molar-refractivity contribution >= 4 is 17.7 Å². The summed E-state index contributed by atoms with van der Waals surface area (Å²) >= 11 is 0. The Balaban J connectivity index is 1.64. The van der Waals surface area contributed by atoms with E-state index in [2.05, 4.69) is 43.9 Å². The number of hydrogen-bond donors (Lipinski definition) is 1. The molecule has 0 bridgehead atoms. The first-order chi connectivity index (χ1) is 13.1. The number of carbonyl (C=O) groups excluding carboxylic acids is 1. The molecule has 8 heteroatoms. The van der Waals surface area contributed by atoms with Gasteiger partial charge in [0.15, 0.2) is 0 Å². The van der Waals surface area contributed by atoms with Crippen LogP contribution >= 0.6 is 0 Å². The number of nitrogens with zero attached hydrogens (tertiary/aromatic N) is 6. The van der Waals surface area contributed by atoms with Crippen molar-refractivity contribution in [1.82, 2.24) is 25.3 Å². The van der Waals surface area contributed by atoms with Crippen LogP contribution in [0, 0.1) is 0 Å². The normalized spacial score (nSPS) is 17.5. The van der Waals surface area contributed by atoms with E-state index >= 15 is 0 Å². The number of carbonyl (C=O) groups is 1. The molecule has 0 radical (unpaired) electrons. The van der Waals surface area contributed by atoms with Crippen LogP contribution in [0.1, 0.15) is 48.1 Å². The van der Waals surface area contributed by atoms with Crippen LogP contribution < -0.4 is 15.1 Å². The van der Waals surface area contributed by atoms with Crippen molar-refractivity contribution in [3.8, 4) is 0 Å². The van der Waals surface area contributed by atoms with E-state index in [0.29, 0.717) is 12.2 Å². The second-order valence-electron chi connectivity index (χ2n) is 7.27. The number of amides is 1. The molecule has 4 rings (SSSR count). The molecule has 0 unspecified atom stereocenters. The molecule has 0 spiro atoms. The first-order valence-corrected chi connectivity index (χ1v) is 9.59. The molecule has 2 aliphatic heterocycles. The lowest BCUT2D eigenvalue weighted by Crippen LogP contribution is -2.37. The van der Waals surface area contributed by atoms with Crippen molar-refractivity contribution < 1.29 is 4.79 Å². The molecule has 27 heavy (non-hydrogen) atoms. The summed E-state index contributed by atoms with van der Waals surface area (Å²) in [6.45, 7) is 8.21. The molecule has 4 heterocycles. The lowest BCUT2D eigenvalue weighted by molar-refractivity contribution is 0.0940. The molecule has 1 fully saturated rings. The van der Waals surface area contributed by atoms with Crippen LogP contribution in [0.25, 0.3) is 0 Å². The van der Waals surface area contributed by atoms with E-state index in [-0.39, 0.29) is 11.8 Å². The molecule has 0 saturated carbocycles. The highest BCUT2D eigenvalue weighted by Gasteiger charge is 2.28. The van der Waals surface area contributed by atoms with Crippen molar-refractivity contribution in [2.45, 2.75) is 32.6 Å². The van der Waals surface area contributed by atoms with E-state index in [9.17, 15) is 4.79 Å². The van der Waals surface area contributed by atoms with E-state index in [0.717, 1.165) is 62.2 Å². The summed E-state index contributed by atoms with van der Waals surface area (Å²) in [6, 6.07) is 1.83. The maximum atomic E-state index is 12.4. The smallest absolute Gasteiger partial charge is 0.270 e. The molecule has 0 atom stereocenters. The number of rotatable bonds is 3. The van der Waals surface area contributed by atoms with E-state index in [1.54, 1.807) is 12.4 Å². The van der Waals surface area contributed by atoms with Gasteiger partial charge in [0.25, 0.3) is 5.91 Å². The highest BCUT2D eigenvalue weighted by Crippen LogP contribution is 2.27. The monoisotopic (exact) mass is 367 g/mol. The van der Waals surface area contributed by atoms with Crippen LogP contribution in [-0.4, -0.2) is 58.6 Å².